The first-order valence-electron chi connectivity index (χ1n) is 6.11. The maximum absolute atomic E-state index is 6.12. The number of methoxy groups -OCH3 is 1. The third kappa shape index (κ3) is 3.58. The van der Waals surface area contributed by atoms with Gasteiger partial charge >= 0.3 is 6.01 Å². The minimum atomic E-state index is 0.210. The van der Waals surface area contributed by atoms with Gasteiger partial charge in [-0.25, -0.2) is 4.98 Å². The molecule has 102 valence electrons. The molecule has 0 aromatic carbocycles. The van der Waals surface area contributed by atoms with Crippen molar-refractivity contribution in [2.45, 2.75) is 25.8 Å². The number of rotatable bonds is 6. The maximum Gasteiger partial charge on any atom is 0.318 e. The molecule has 0 aliphatic carbocycles. The van der Waals surface area contributed by atoms with E-state index in [4.69, 9.17) is 16.3 Å². The molecule has 0 bridgehead atoms. The molecule has 0 saturated carbocycles. The van der Waals surface area contributed by atoms with Crippen molar-refractivity contribution in [2.24, 2.45) is 0 Å². The molecular weight excluding hydrogens is 282 g/mol. The third-order valence-electron chi connectivity index (χ3n) is 2.68. The minimum absolute atomic E-state index is 0.210. The van der Waals surface area contributed by atoms with E-state index in [1.54, 1.807) is 17.5 Å². The van der Waals surface area contributed by atoms with Crippen LogP contribution in [0.1, 0.15) is 30.7 Å². The number of thiophene rings is 1. The van der Waals surface area contributed by atoms with Gasteiger partial charge in [0.25, 0.3) is 0 Å². The lowest BCUT2D eigenvalue weighted by Gasteiger charge is -2.18. The number of aromatic nitrogens is 2. The second-order valence-corrected chi connectivity index (χ2v) is 5.44. The zero-order valence-electron chi connectivity index (χ0n) is 10.9. The zero-order valence-corrected chi connectivity index (χ0v) is 12.5. The van der Waals surface area contributed by atoms with Gasteiger partial charge in [0.2, 0.25) is 0 Å². The minimum Gasteiger partial charge on any atom is -0.467 e. The summed E-state index contributed by atoms with van der Waals surface area (Å²) in [5, 5.41) is 5.94. The van der Waals surface area contributed by atoms with Gasteiger partial charge in [-0.15, -0.1) is 11.3 Å². The van der Waals surface area contributed by atoms with E-state index >= 15 is 0 Å². The summed E-state index contributed by atoms with van der Waals surface area (Å²) in [4.78, 5) is 9.50. The third-order valence-corrected chi connectivity index (χ3v) is 3.94. The highest BCUT2D eigenvalue weighted by Crippen LogP contribution is 2.30. The summed E-state index contributed by atoms with van der Waals surface area (Å²) in [5.74, 6) is 0.611. The van der Waals surface area contributed by atoms with Gasteiger partial charge in [0.05, 0.1) is 19.3 Å². The molecular formula is C13H16ClN3OS. The number of nitrogens with one attached hydrogen (secondary N) is 1. The largest absolute Gasteiger partial charge is 0.467 e. The van der Waals surface area contributed by atoms with Gasteiger partial charge in [-0.2, -0.15) is 4.98 Å². The van der Waals surface area contributed by atoms with Gasteiger partial charge in [-0.1, -0.05) is 31.0 Å². The van der Waals surface area contributed by atoms with Crippen LogP contribution in [0.5, 0.6) is 6.01 Å². The van der Waals surface area contributed by atoms with Crippen molar-refractivity contribution in [3.8, 4) is 6.01 Å². The molecule has 2 rings (SSSR count). The van der Waals surface area contributed by atoms with Gasteiger partial charge in [0.1, 0.15) is 5.02 Å². The van der Waals surface area contributed by atoms with E-state index in [0.29, 0.717) is 16.9 Å². The summed E-state index contributed by atoms with van der Waals surface area (Å²) in [6.45, 7) is 2.16. The van der Waals surface area contributed by atoms with E-state index in [9.17, 15) is 0 Å². The van der Waals surface area contributed by atoms with Crippen LogP contribution < -0.4 is 10.1 Å². The Morgan fingerprint density at radius 3 is 3.00 bits per heavy atom. The van der Waals surface area contributed by atoms with Crippen LogP contribution in [0.3, 0.4) is 0 Å². The molecule has 19 heavy (non-hydrogen) atoms. The normalized spacial score (nSPS) is 12.2. The van der Waals surface area contributed by atoms with Crippen LogP contribution >= 0.6 is 22.9 Å². The molecule has 6 heteroatoms. The molecule has 0 aliphatic heterocycles. The predicted octanol–water partition coefficient (Wildman–Crippen LogP) is 4.15. The fourth-order valence-corrected chi connectivity index (χ4v) is 2.74. The SMILES string of the molecule is CCCC(Nc1nc(OC)ncc1Cl)c1cccs1. The highest BCUT2D eigenvalue weighted by molar-refractivity contribution is 7.10. The molecule has 2 heterocycles. The average Bonchev–Trinajstić information content (AvgIpc) is 2.94. The Morgan fingerprint density at radius 1 is 1.53 bits per heavy atom. The van der Waals surface area contributed by atoms with Crippen LogP contribution in [0.15, 0.2) is 23.7 Å². The molecule has 2 aromatic rings. The first-order chi connectivity index (χ1) is 9.24. The summed E-state index contributed by atoms with van der Waals surface area (Å²) in [5.41, 5.74) is 0. The Kier molecular flexibility index (Phi) is 4.99. The molecule has 0 aliphatic rings. The van der Waals surface area contributed by atoms with Crippen molar-refractivity contribution in [2.75, 3.05) is 12.4 Å². The Balaban J connectivity index is 2.21. The zero-order chi connectivity index (χ0) is 13.7. The first-order valence-corrected chi connectivity index (χ1v) is 7.36. The van der Waals surface area contributed by atoms with Crippen LogP contribution in [0.25, 0.3) is 0 Å². The average molecular weight is 298 g/mol. The first kappa shape index (κ1) is 14.1. The number of halogens is 1. The topological polar surface area (TPSA) is 47.0 Å². The van der Waals surface area contributed by atoms with Gasteiger partial charge in [-0.3, -0.25) is 0 Å². The highest BCUT2D eigenvalue weighted by atomic mass is 35.5. The number of hydrogen-bond donors (Lipinski definition) is 1. The van der Waals surface area contributed by atoms with Crippen LogP contribution in [-0.4, -0.2) is 17.1 Å². The molecule has 1 atom stereocenters. The molecule has 0 amide bonds. The molecule has 0 radical (unpaired) electrons. The van der Waals surface area contributed by atoms with E-state index in [-0.39, 0.29) is 6.04 Å². The Hall–Kier alpha value is -1.33. The van der Waals surface area contributed by atoms with E-state index in [0.717, 1.165) is 12.8 Å². The van der Waals surface area contributed by atoms with E-state index in [1.165, 1.54) is 12.0 Å². The van der Waals surface area contributed by atoms with Gasteiger partial charge in [0.15, 0.2) is 5.82 Å². The number of anilines is 1. The predicted molar refractivity (Wildman–Crippen MR) is 79.2 cm³/mol. The standard InChI is InChI=1S/C13H16ClN3OS/c1-3-5-10(11-6-4-7-19-11)16-12-9(14)8-15-13(17-12)18-2/h4,6-8,10H,3,5H2,1-2H3,(H,15,16,17). The lowest BCUT2D eigenvalue weighted by atomic mass is 10.1. The van der Waals surface area contributed by atoms with Crippen molar-refractivity contribution in [1.82, 2.24) is 9.97 Å². The second kappa shape index (κ2) is 6.73. The van der Waals surface area contributed by atoms with Crippen molar-refractivity contribution >= 4 is 28.8 Å². The Labute approximate surface area is 121 Å². The van der Waals surface area contributed by atoms with Gasteiger partial charge < -0.3 is 10.1 Å². The summed E-state index contributed by atoms with van der Waals surface area (Å²) in [7, 11) is 1.54. The van der Waals surface area contributed by atoms with Crippen molar-refractivity contribution < 1.29 is 4.74 Å². The molecule has 0 spiro atoms. The summed E-state index contributed by atoms with van der Waals surface area (Å²) >= 11 is 7.84. The lowest BCUT2D eigenvalue weighted by Crippen LogP contribution is -2.11. The van der Waals surface area contributed by atoms with Gasteiger partial charge in [-0.05, 0) is 17.9 Å². The molecule has 4 nitrogen and oxygen atoms in total. The van der Waals surface area contributed by atoms with Crippen molar-refractivity contribution in [3.05, 3.63) is 33.6 Å². The summed E-state index contributed by atoms with van der Waals surface area (Å²) in [6.07, 6.45) is 3.64. The van der Waals surface area contributed by atoms with Crippen molar-refractivity contribution in [3.63, 3.8) is 0 Å². The molecule has 0 saturated heterocycles. The number of ether oxygens (including phenoxy) is 1. The maximum atomic E-state index is 6.12. The molecule has 0 fully saturated rings. The molecule has 1 N–H and O–H groups in total. The summed E-state index contributed by atoms with van der Waals surface area (Å²) in [6, 6.07) is 4.69. The van der Waals surface area contributed by atoms with E-state index in [2.05, 4.69) is 33.7 Å². The highest BCUT2D eigenvalue weighted by Gasteiger charge is 2.15. The fourth-order valence-electron chi connectivity index (χ4n) is 1.78. The monoisotopic (exact) mass is 297 g/mol. The molecule has 1 unspecified atom stereocenters. The smallest absolute Gasteiger partial charge is 0.318 e. The van der Waals surface area contributed by atoms with E-state index in [1.807, 2.05) is 6.07 Å². The summed E-state index contributed by atoms with van der Waals surface area (Å²) < 4.78 is 5.02. The van der Waals surface area contributed by atoms with Crippen LogP contribution in [0, 0.1) is 0 Å². The quantitative estimate of drug-likeness (QED) is 0.870. The van der Waals surface area contributed by atoms with Crippen LogP contribution in [-0.2, 0) is 0 Å². The molecule has 2 aromatic heterocycles. The lowest BCUT2D eigenvalue weighted by molar-refractivity contribution is 0.380. The Morgan fingerprint density at radius 2 is 2.37 bits per heavy atom. The second-order valence-electron chi connectivity index (χ2n) is 4.05. The fraction of sp³-hybridized carbons (Fsp3) is 0.385. The van der Waals surface area contributed by atoms with Gasteiger partial charge in [0, 0.05) is 4.88 Å². The van der Waals surface area contributed by atoms with Crippen molar-refractivity contribution in [1.29, 1.82) is 0 Å². The van der Waals surface area contributed by atoms with Crippen LogP contribution in [0.2, 0.25) is 5.02 Å². The Bertz CT molecular complexity index is 519. The number of nitrogens with zero attached hydrogens (tertiary/aromatic N) is 2. The van der Waals surface area contributed by atoms with E-state index < -0.39 is 0 Å². The van der Waals surface area contributed by atoms with Crippen LogP contribution in [0.4, 0.5) is 5.82 Å². The number of hydrogen-bond acceptors (Lipinski definition) is 5.